The predicted octanol–water partition coefficient (Wildman–Crippen LogP) is 5.88. The number of piperazine rings is 1. The number of aliphatic imine (C=N–C) groups is 1. The number of carbonyl (C=O) groups is 3. The Hall–Kier alpha value is -5.02. The summed E-state index contributed by atoms with van der Waals surface area (Å²) in [7, 11) is 0. The molecule has 3 aromatic rings. The number of rotatable bonds is 14. The second kappa shape index (κ2) is 21.1. The van der Waals surface area contributed by atoms with Crippen molar-refractivity contribution in [3.63, 3.8) is 0 Å². The van der Waals surface area contributed by atoms with Crippen LogP contribution in [0, 0.1) is 11.7 Å². The molecular weight excluding hydrogens is 800 g/mol. The molecule has 5 aliphatic rings. The van der Waals surface area contributed by atoms with E-state index in [-0.39, 0.29) is 41.4 Å². The van der Waals surface area contributed by atoms with E-state index >= 15 is 0 Å². The zero-order chi connectivity index (χ0) is 43.7. The van der Waals surface area contributed by atoms with Crippen LogP contribution in [0.3, 0.4) is 0 Å². The van der Waals surface area contributed by atoms with E-state index in [0.717, 1.165) is 82.5 Å². The first-order valence-electron chi connectivity index (χ1n) is 23.1. The topological polar surface area (TPSA) is 141 Å². The Morgan fingerprint density at radius 2 is 1.57 bits per heavy atom. The number of carbonyl (C=O) groups excluding carboxylic acids is 3. The maximum atomic E-state index is 14.7. The van der Waals surface area contributed by atoms with Gasteiger partial charge in [0.1, 0.15) is 22.8 Å². The average molecular weight is 863 g/mol. The molecule has 2 aromatic carbocycles. The molecule has 2 saturated carbocycles. The van der Waals surface area contributed by atoms with Crippen LogP contribution in [0.5, 0.6) is 11.6 Å². The zero-order valence-electron chi connectivity index (χ0n) is 36.9. The fourth-order valence-electron chi connectivity index (χ4n) is 9.58. The second-order valence-corrected chi connectivity index (χ2v) is 18.2. The first-order valence-corrected chi connectivity index (χ1v) is 23.1. The maximum Gasteiger partial charge on any atom is 0.269 e. The molecule has 8 rings (SSSR count). The molecule has 63 heavy (non-hydrogen) atoms. The lowest BCUT2D eigenvalue weighted by atomic mass is 9.82. The van der Waals surface area contributed by atoms with Crippen LogP contribution in [0.1, 0.15) is 86.7 Å². The van der Waals surface area contributed by atoms with Gasteiger partial charge in [0.25, 0.3) is 11.8 Å². The number of ether oxygens (including phenoxy) is 2. The highest BCUT2D eigenvalue weighted by Gasteiger charge is 2.29. The van der Waals surface area contributed by atoms with Gasteiger partial charge in [0.2, 0.25) is 11.8 Å². The molecule has 1 unspecified atom stereocenters. The van der Waals surface area contributed by atoms with Gasteiger partial charge in [-0.1, -0.05) is 42.3 Å². The minimum Gasteiger partial charge on any atom is -0.438 e. The SMILES string of the molecule is CC(C)NC(=O)CN1CCN(Cc2ccc(-c3cccc(Oc4ncc(F)cc4C(=O)NC4CCC(NC(=O)C5=NCC6CCCCC6=C5)CC4)c3)c(CN3CCOCC3)c2)CC1. The van der Waals surface area contributed by atoms with Gasteiger partial charge in [-0.25, -0.2) is 9.37 Å². The van der Waals surface area contributed by atoms with E-state index in [1.807, 2.05) is 38.1 Å². The maximum absolute atomic E-state index is 14.7. The van der Waals surface area contributed by atoms with E-state index < -0.39 is 11.7 Å². The quantitative estimate of drug-likeness (QED) is 0.181. The number of dihydropyridines is 1. The number of aromatic nitrogens is 1. The highest BCUT2D eigenvalue weighted by molar-refractivity contribution is 6.43. The highest BCUT2D eigenvalue weighted by Crippen LogP contribution is 2.34. The molecule has 2 saturated heterocycles. The van der Waals surface area contributed by atoms with E-state index in [9.17, 15) is 18.8 Å². The fourth-order valence-corrected chi connectivity index (χ4v) is 9.58. The number of amides is 3. The summed E-state index contributed by atoms with van der Waals surface area (Å²) in [5.41, 5.74) is 6.38. The van der Waals surface area contributed by atoms with Crippen molar-refractivity contribution in [2.45, 2.75) is 96.4 Å². The molecule has 336 valence electrons. The number of halogens is 1. The van der Waals surface area contributed by atoms with Gasteiger partial charge in [0.05, 0.1) is 26.0 Å². The van der Waals surface area contributed by atoms with Crippen LogP contribution in [-0.2, 0) is 27.4 Å². The van der Waals surface area contributed by atoms with Crippen LogP contribution in [0.15, 0.2) is 71.4 Å². The van der Waals surface area contributed by atoms with Gasteiger partial charge in [-0.05, 0) is 111 Å². The Morgan fingerprint density at radius 3 is 2.33 bits per heavy atom. The molecule has 2 aliphatic carbocycles. The second-order valence-electron chi connectivity index (χ2n) is 18.2. The van der Waals surface area contributed by atoms with Crippen LogP contribution in [0.4, 0.5) is 4.39 Å². The molecule has 4 heterocycles. The summed E-state index contributed by atoms with van der Waals surface area (Å²) in [4.78, 5) is 55.1. The number of hydrogen-bond acceptors (Lipinski definition) is 10. The van der Waals surface area contributed by atoms with E-state index in [1.54, 1.807) is 0 Å². The first kappa shape index (κ1) is 44.6. The van der Waals surface area contributed by atoms with Crippen molar-refractivity contribution in [3.8, 4) is 22.8 Å². The van der Waals surface area contributed by atoms with Gasteiger partial charge in [-0.3, -0.25) is 34.1 Å². The van der Waals surface area contributed by atoms with E-state index in [1.165, 1.54) is 35.6 Å². The van der Waals surface area contributed by atoms with Crippen molar-refractivity contribution in [3.05, 3.63) is 88.9 Å². The summed E-state index contributed by atoms with van der Waals surface area (Å²) < 4.78 is 26.6. The highest BCUT2D eigenvalue weighted by atomic mass is 19.1. The molecule has 1 aromatic heterocycles. The van der Waals surface area contributed by atoms with Crippen molar-refractivity contribution in [1.29, 1.82) is 0 Å². The molecule has 0 spiro atoms. The number of benzene rings is 2. The first-order chi connectivity index (χ1) is 30.6. The minimum absolute atomic E-state index is 0.000810. The Morgan fingerprint density at radius 1 is 0.841 bits per heavy atom. The Bertz CT molecular complexity index is 2160. The van der Waals surface area contributed by atoms with Crippen molar-refractivity contribution < 1.29 is 28.2 Å². The molecule has 0 radical (unpaired) electrons. The molecule has 14 heteroatoms. The molecule has 3 amide bonds. The van der Waals surface area contributed by atoms with Crippen LogP contribution >= 0.6 is 0 Å². The van der Waals surface area contributed by atoms with Crippen molar-refractivity contribution in [2.24, 2.45) is 10.9 Å². The number of fused-ring (bicyclic) bond motifs is 1. The smallest absolute Gasteiger partial charge is 0.269 e. The zero-order valence-corrected chi connectivity index (χ0v) is 36.9. The summed E-state index contributed by atoms with van der Waals surface area (Å²) in [5, 5.41) is 9.25. The third-order valence-electron chi connectivity index (χ3n) is 13.0. The number of hydrogen-bond donors (Lipinski definition) is 3. The molecule has 4 fully saturated rings. The van der Waals surface area contributed by atoms with Crippen molar-refractivity contribution in [1.82, 2.24) is 35.6 Å². The van der Waals surface area contributed by atoms with Crippen LogP contribution in [0.25, 0.3) is 11.1 Å². The minimum atomic E-state index is -0.628. The predicted molar refractivity (Wildman–Crippen MR) is 241 cm³/mol. The van der Waals surface area contributed by atoms with Crippen LogP contribution in [-0.4, -0.2) is 127 Å². The fraction of sp³-hybridized carbons (Fsp3) is 0.531. The third-order valence-corrected chi connectivity index (χ3v) is 13.0. The van der Waals surface area contributed by atoms with Crippen LogP contribution in [0.2, 0.25) is 0 Å². The normalized spacial score (nSPS) is 22.4. The lowest BCUT2D eigenvalue weighted by Crippen LogP contribution is -2.49. The average Bonchev–Trinajstić information content (AvgIpc) is 3.28. The van der Waals surface area contributed by atoms with Gasteiger partial charge in [0, 0.05) is 77.0 Å². The number of nitrogens with one attached hydrogen (secondary N) is 3. The van der Waals surface area contributed by atoms with Gasteiger partial charge >= 0.3 is 0 Å². The monoisotopic (exact) mass is 862 g/mol. The molecule has 3 aliphatic heterocycles. The molecular formula is C49H63FN8O5. The molecule has 0 bridgehead atoms. The van der Waals surface area contributed by atoms with Crippen molar-refractivity contribution >= 4 is 23.4 Å². The number of morpholine rings is 1. The summed E-state index contributed by atoms with van der Waals surface area (Å²) in [6.45, 7) is 13.3. The summed E-state index contributed by atoms with van der Waals surface area (Å²) in [6.07, 6.45) is 10.5. The third kappa shape index (κ3) is 12.2. The lowest BCUT2D eigenvalue weighted by Gasteiger charge is -2.34. The Balaban J connectivity index is 0.897. The number of pyridine rings is 1. The summed E-state index contributed by atoms with van der Waals surface area (Å²) in [5.74, 6) is -0.125. The Labute approximate surface area is 370 Å². The van der Waals surface area contributed by atoms with E-state index in [2.05, 4.69) is 64.9 Å². The van der Waals surface area contributed by atoms with E-state index in [4.69, 9.17) is 9.47 Å². The molecule has 13 nitrogen and oxygen atoms in total. The van der Waals surface area contributed by atoms with Gasteiger partial charge in [0.15, 0.2) is 0 Å². The largest absolute Gasteiger partial charge is 0.438 e. The van der Waals surface area contributed by atoms with Gasteiger partial charge in [-0.2, -0.15) is 0 Å². The summed E-state index contributed by atoms with van der Waals surface area (Å²) in [6, 6.07) is 15.6. The number of nitrogens with zero attached hydrogens (tertiary/aromatic N) is 5. The standard InChI is InChI=1S/C49H63FN8O5/c1-33(2)53-46(59)32-57-18-16-56(17-19-57)30-34-10-15-43(38(24-34)31-58-20-22-62-23-21-58)36-8-5-9-42(25-36)63-49-44(27-39(50)29-52-49)47(60)54-40-11-13-41(14-12-40)55-48(61)45-26-35-6-3-4-7-37(35)28-51-45/h5,8-10,15,24-27,29,33,37,40-41H,3-4,6-7,11-14,16-23,28,30-32H2,1-2H3,(H,53,59)(H,54,60)(H,55,61). The van der Waals surface area contributed by atoms with Gasteiger partial charge in [-0.15, -0.1) is 0 Å². The molecule has 3 N–H and O–H groups in total. The summed E-state index contributed by atoms with van der Waals surface area (Å²) >= 11 is 0. The molecule has 1 atom stereocenters. The van der Waals surface area contributed by atoms with Crippen molar-refractivity contribution in [2.75, 3.05) is 65.6 Å². The lowest BCUT2D eigenvalue weighted by molar-refractivity contribution is -0.123. The van der Waals surface area contributed by atoms with Crippen LogP contribution < -0.4 is 20.7 Å². The van der Waals surface area contributed by atoms with Gasteiger partial charge < -0.3 is 25.4 Å². The Kier molecular flexibility index (Phi) is 14.9. The van der Waals surface area contributed by atoms with E-state index in [0.29, 0.717) is 69.4 Å².